The minimum atomic E-state index is -1.05. The number of rotatable bonds is 4. The van der Waals surface area contributed by atoms with Crippen LogP contribution in [-0.4, -0.2) is 17.0 Å². The summed E-state index contributed by atoms with van der Waals surface area (Å²) in [5.41, 5.74) is 3.30. The number of benzene rings is 3. The first-order chi connectivity index (χ1) is 13.7. The Labute approximate surface area is 166 Å². The monoisotopic (exact) mass is 395 g/mol. The maximum atomic E-state index is 14.1. The lowest BCUT2D eigenvalue weighted by atomic mass is 9.98. The predicted molar refractivity (Wildman–Crippen MR) is 107 cm³/mol. The number of halogens is 2. The number of carboxylic acids is 1. The van der Waals surface area contributed by atoms with E-state index in [1.807, 2.05) is 0 Å². The highest BCUT2D eigenvalue weighted by Gasteiger charge is 2.16. The molecule has 6 heteroatoms. The first-order valence-corrected chi connectivity index (χ1v) is 8.89. The van der Waals surface area contributed by atoms with Gasteiger partial charge in [0.15, 0.2) is 0 Å². The molecule has 3 aromatic carbocycles. The van der Waals surface area contributed by atoms with Crippen LogP contribution >= 0.6 is 0 Å². The summed E-state index contributed by atoms with van der Waals surface area (Å²) < 4.78 is 27.7. The standard InChI is InChI=1S/C23H19F2NO3/c1-12-4-5-15(19-11-17(24)6-7-20(19)25)10-18(12)22(27)26-21-13(2)8-16(23(28)29)9-14(21)3/h4-11H,1-3H3,(H,26,27)(H,28,29). The minimum Gasteiger partial charge on any atom is -0.478 e. The van der Waals surface area contributed by atoms with Crippen LogP contribution in [0.25, 0.3) is 11.1 Å². The Kier molecular flexibility index (Phi) is 5.46. The van der Waals surface area contributed by atoms with E-state index < -0.39 is 23.5 Å². The summed E-state index contributed by atoms with van der Waals surface area (Å²) in [5, 5.41) is 12.0. The Morgan fingerprint density at radius 1 is 0.862 bits per heavy atom. The van der Waals surface area contributed by atoms with Crippen molar-refractivity contribution in [1.82, 2.24) is 0 Å². The van der Waals surface area contributed by atoms with E-state index >= 15 is 0 Å². The number of aryl methyl sites for hydroxylation is 3. The van der Waals surface area contributed by atoms with Crippen molar-refractivity contribution in [2.75, 3.05) is 5.32 Å². The largest absolute Gasteiger partial charge is 0.478 e. The fraction of sp³-hybridized carbons (Fsp3) is 0.130. The van der Waals surface area contributed by atoms with Gasteiger partial charge >= 0.3 is 5.97 Å². The number of carbonyl (C=O) groups excluding carboxylic acids is 1. The normalized spacial score (nSPS) is 10.7. The van der Waals surface area contributed by atoms with Gasteiger partial charge in [-0.15, -0.1) is 0 Å². The maximum Gasteiger partial charge on any atom is 0.335 e. The fourth-order valence-corrected chi connectivity index (χ4v) is 3.22. The van der Waals surface area contributed by atoms with Gasteiger partial charge in [0.25, 0.3) is 5.91 Å². The molecule has 0 atom stereocenters. The second-order valence-corrected chi connectivity index (χ2v) is 6.90. The number of anilines is 1. The molecule has 0 aliphatic carbocycles. The molecule has 0 spiro atoms. The van der Waals surface area contributed by atoms with Crippen molar-refractivity contribution < 1.29 is 23.5 Å². The van der Waals surface area contributed by atoms with Crippen molar-refractivity contribution in [2.45, 2.75) is 20.8 Å². The molecule has 3 aromatic rings. The van der Waals surface area contributed by atoms with Crippen LogP contribution in [0.15, 0.2) is 48.5 Å². The summed E-state index contributed by atoms with van der Waals surface area (Å²) in [5.74, 6) is -2.62. The molecule has 0 aliphatic rings. The van der Waals surface area contributed by atoms with Crippen molar-refractivity contribution in [3.63, 3.8) is 0 Å². The van der Waals surface area contributed by atoms with Gasteiger partial charge in [-0.2, -0.15) is 0 Å². The highest BCUT2D eigenvalue weighted by Crippen LogP contribution is 2.28. The molecule has 0 saturated heterocycles. The van der Waals surface area contributed by atoms with E-state index in [0.717, 1.165) is 18.2 Å². The van der Waals surface area contributed by atoms with Gasteiger partial charge in [-0.1, -0.05) is 12.1 Å². The Hall–Kier alpha value is -3.54. The number of carbonyl (C=O) groups is 2. The van der Waals surface area contributed by atoms with Gasteiger partial charge < -0.3 is 10.4 Å². The van der Waals surface area contributed by atoms with Crippen LogP contribution in [0.2, 0.25) is 0 Å². The van der Waals surface area contributed by atoms with Crippen LogP contribution in [-0.2, 0) is 0 Å². The average Bonchev–Trinajstić information content (AvgIpc) is 2.66. The van der Waals surface area contributed by atoms with Crippen molar-refractivity contribution in [3.05, 3.63) is 88.0 Å². The average molecular weight is 395 g/mol. The third-order valence-electron chi connectivity index (χ3n) is 4.74. The Morgan fingerprint density at radius 3 is 2.14 bits per heavy atom. The zero-order valence-corrected chi connectivity index (χ0v) is 16.1. The van der Waals surface area contributed by atoms with E-state index in [-0.39, 0.29) is 11.1 Å². The van der Waals surface area contributed by atoms with Crippen molar-refractivity contribution in [3.8, 4) is 11.1 Å². The summed E-state index contributed by atoms with van der Waals surface area (Å²) >= 11 is 0. The summed E-state index contributed by atoms with van der Waals surface area (Å²) in [4.78, 5) is 24.1. The number of hydrogen-bond donors (Lipinski definition) is 2. The van der Waals surface area contributed by atoms with Gasteiger partial charge in [0.05, 0.1) is 5.56 Å². The third kappa shape index (κ3) is 4.16. The molecule has 0 aromatic heterocycles. The van der Waals surface area contributed by atoms with E-state index in [1.165, 1.54) is 18.2 Å². The molecule has 0 heterocycles. The van der Waals surface area contributed by atoms with E-state index in [4.69, 9.17) is 5.11 Å². The second-order valence-electron chi connectivity index (χ2n) is 6.90. The van der Waals surface area contributed by atoms with Crippen LogP contribution in [0.1, 0.15) is 37.4 Å². The molecule has 1 amide bonds. The second kappa shape index (κ2) is 7.83. The molecule has 148 valence electrons. The summed E-state index contributed by atoms with van der Waals surface area (Å²) in [6.45, 7) is 5.16. The molecule has 3 rings (SSSR count). The van der Waals surface area contributed by atoms with Crippen molar-refractivity contribution in [2.24, 2.45) is 0 Å². The predicted octanol–water partition coefficient (Wildman–Crippen LogP) is 5.51. The molecule has 0 fully saturated rings. The molecule has 0 bridgehead atoms. The molecule has 29 heavy (non-hydrogen) atoms. The summed E-state index contributed by atoms with van der Waals surface area (Å²) in [6, 6.07) is 10.9. The van der Waals surface area contributed by atoms with Gasteiger partial charge in [0.2, 0.25) is 0 Å². The van der Waals surface area contributed by atoms with Crippen LogP contribution in [0.4, 0.5) is 14.5 Å². The van der Waals surface area contributed by atoms with Gasteiger partial charge in [-0.3, -0.25) is 4.79 Å². The lowest BCUT2D eigenvalue weighted by Crippen LogP contribution is -2.16. The van der Waals surface area contributed by atoms with E-state index in [9.17, 15) is 18.4 Å². The third-order valence-corrected chi connectivity index (χ3v) is 4.74. The zero-order valence-electron chi connectivity index (χ0n) is 16.1. The van der Waals surface area contributed by atoms with Crippen molar-refractivity contribution in [1.29, 1.82) is 0 Å². The summed E-state index contributed by atoms with van der Waals surface area (Å²) in [6.07, 6.45) is 0. The first kappa shape index (κ1) is 20.2. The molecule has 4 nitrogen and oxygen atoms in total. The van der Waals surface area contributed by atoms with Crippen molar-refractivity contribution >= 4 is 17.6 Å². The SMILES string of the molecule is Cc1ccc(-c2cc(F)ccc2F)cc1C(=O)Nc1c(C)cc(C(=O)O)cc1C. The molecule has 0 unspecified atom stereocenters. The number of amides is 1. The smallest absolute Gasteiger partial charge is 0.335 e. The number of nitrogens with one attached hydrogen (secondary N) is 1. The summed E-state index contributed by atoms with van der Waals surface area (Å²) in [7, 11) is 0. The molecular formula is C23H19F2NO3. The van der Waals surface area contributed by atoms with Gasteiger partial charge in [0.1, 0.15) is 11.6 Å². The molecule has 0 saturated carbocycles. The van der Waals surface area contributed by atoms with Crippen LogP contribution < -0.4 is 5.32 Å². The number of hydrogen-bond acceptors (Lipinski definition) is 2. The zero-order chi connectivity index (χ0) is 21.3. The van der Waals surface area contributed by atoms with E-state index in [0.29, 0.717) is 33.5 Å². The molecule has 0 aliphatic heterocycles. The first-order valence-electron chi connectivity index (χ1n) is 8.89. The van der Waals surface area contributed by atoms with Gasteiger partial charge in [0, 0.05) is 16.8 Å². The molecule has 0 radical (unpaired) electrons. The Balaban J connectivity index is 1.98. The number of carboxylic acid groups (broad SMARTS) is 1. The minimum absolute atomic E-state index is 0.0669. The Morgan fingerprint density at radius 2 is 1.52 bits per heavy atom. The maximum absolute atomic E-state index is 14.1. The van der Waals surface area contributed by atoms with E-state index in [1.54, 1.807) is 32.9 Å². The lowest BCUT2D eigenvalue weighted by Gasteiger charge is -2.15. The van der Waals surface area contributed by atoms with E-state index in [2.05, 4.69) is 5.32 Å². The molecule has 2 N–H and O–H groups in total. The lowest BCUT2D eigenvalue weighted by molar-refractivity contribution is 0.0696. The Bertz CT molecular complexity index is 1120. The number of aromatic carboxylic acids is 1. The topological polar surface area (TPSA) is 66.4 Å². The molecular weight excluding hydrogens is 376 g/mol. The highest BCUT2D eigenvalue weighted by molar-refractivity contribution is 6.07. The van der Waals surface area contributed by atoms with Gasteiger partial charge in [-0.25, -0.2) is 13.6 Å². The fourth-order valence-electron chi connectivity index (χ4n) is 3.22. The van der Waals surface area contributed by atoms with Gasteiger partial charge in [-0.05, 0) is 79.4 Å². The quantitative estimate of drug-likeness (QED) is 0.612. The van der Waals surface area contributed by atoms with Crippen LogP contribution in [0.5, 0.6) is 0 Å². The van der Waals surface area contributed by atoms with Crippen LogP contribution in [0, 0.1) is 32.4 Å². The highest BCUT2D eigenvalue weighted by atomic mass is 19.1. The van der Waals surface area contributed by atoms with Crippen LogP contribution in [0.3, 0.4) is 0 Å².